The number of nitro benzene ring substituents is 1. The summed E-state index contributed by atoms with van der Waals surface area (Å²) in [6, 6.07) is 1.52. The summed E-state index contributed by atoms with van der Waals surface area (Å²) in [5, 5.41) is 13.5. The Hall–Kier alpha value is -1.56. The number of nitrogens with one attached hydrogen (secondary N) is 1. The fourth-order valence-corrected chi connectivity index (χ4v) is 1.79. The van der Waals surface area contributed by atoms with E-state index in [4.69, 9.17) is 0 Å². The maximum Gasteiger partial charge on any atom is 0.305 e. The molecule has 0 unspecified atom stereocenters. The lowest BCUT2D eigenvalue weighted by Crippen LogP contribution is -2.16. The predicted molar refractivity (Wildman–Crippen MR) is 62.1 cm³/mol. The molecule has 0 atom stereocenters. The maximum atomic E-state index is 13.4. The Balaban J connectivity index is 1.97. The molecule has 1 aliphatic rings. The van der Waals surface area contributed by atoms with E-state index >= 15 is 0 Å². The van der Waals surface area contributed by atoms with Crippen molar-refractivity contribution in [2.75, 3.05) is 6.54 Å². The summed E-state index contributed by atoms with van der Waals surface area (Å²) in [4.78, 5) is 9.69. The van der Waals surface area contributed by atoms with Gasteiger partial charge in [-0.25, -0.2) is 4.39 Å². The summed E-state index contributed by atoms with van der Waals surface area (Å²) >= 11 is 0. The second-order valence-corrected chi connectivity index (χ2v) is 4.56. The monoisotopic (exact) mass is 256 g/mol. The Morgan fingerprint density at radius 3 is 2.67 bits per heavy atom. The molecule has 0 saturated heterocycles. The molecule has 1 aliphatic carbocycles. The van der Waals surface area contributed by atoms with Crippen LogP contribution in [0, 0.1) is 27.7 Å². The van der Waals surface area contributed by atoms with Gasteiger partial charge in [0, 0.05) is 24.2 Å². The summed E-state index contributed by atoms with van der Waals surface area (Å²) in [5.41, 5.74) is -0.561. The molecule has 0 bridgehead atoms. The van der Waals surface area contributed by atoms with E-state index in [2.05, 4.69) is 5.32 Å². The summed E-state index contributed by atoms with van der Waals surface area (Å²) in [6.45, 7) is 0.926. The molecule has 0 radical (unpaired) electrons. The molecule has 0 aromatic heterocycles. The van der Waals surface area contributed by atoms with Crippen molar-refractivity contribution in [3.63, 3.8) is 0 Å². The second-order valence-electron chi connectivity index (χ2n) is 4.56. The van der Waals surface area contributed by atoms with E-state index in [1.807, 2.05) is 0 Å². The smallest absolute Gasteiger partial charge is 0.305 e. The number of rotatable bonds is 6. The zero-order chi connectivity index (χ0) is 13.1. The van der Waals surface area contributed by atoms with Crippen molar-refractivity contribution in [3.8, 4) is 0 Å². The zero-order valence-corrected chi connectivity index (χ0v) is 9.79. The first-order valence-corrected chi connectivity index (χ1v) is 5.91. The average molecular weight is 256 g/mol. The standard InChI is InChI=1S/C12H14F2N2O2/c13-10-6-11(14)12(16(17)18)5-9(10)7-15-4-3-8-1-2-8/h5-6,8,15H,1-4,7H2. The van der Waals surface area contributed by atoms with Crippen LogP contribution < -0.4 is 5.32 Å². The van der Waals surface area contributed by atoms with Gasteiger partial charge in [-0.2, -0.15) is 4.39 Å². The van der Waals surface area contributed by atoms with Crippen LogP contribution in [0.25, 0.3) is 0 Å². The summed E-state index contributed by atoms with van der Waals surface area (Å²) in [7, 11) is 0. The summed E-state index contributed by atoms with van der Waals surface area (Å²) in [6.07, 6.45) is 3.53. The molecule has 18 heavy (non-hydrogen) atoms. The topological polar surface area (TPSA) is 55.2 Å². The third-order valence-electron chi connectivity index (χ3n) is 3.05. The molecule has 1 N–H and O–H groups in total. The highest BCUT2D eigenvalue weighted by molar-refractivity contribution is 5.37. The Kier molecular flexibility index (Phi) is 3.86. The van der Waals surface area contributed by atoms with Crippen LogP contribution in [0.15, 0.2) is 12.1 Å². The number of halogens is 2. The molecule has 1 aromatic rings. The minimum Gasteiger partial charge on any atom is -0.313 e. The van der Waals surface area contributed by atoms with Crippen LogP contribution in [0.3, 0.4) is 0 Å². The van der Waals surface area contributed by atoms with Crippen molar-refractivity contribution in [2.24, 2.45) is 5.92 Å². The minimum atomic E-state index is -1.14. The number of hydrogen-bond acceptors (Lipinski definition) is 3. The van der Waals surface area contributed by atoms with Gasteiger partial charge in [0.1, 0.15) is 5.82 Å². The van der Waals surface area contributed by atoms with Gasteiger partial charge in [0.2, 0.25) is 5.82 Å². The van der Waals surface area contributed by atoms with Gasteiger partial charge in [0.15, 0.2) is 0 Å². The molecule has 1 fully saturated rings. The summed E-state index contributed by atoms with van der Waals surface area (Å²) in [5.74, 6) is -1.12. The third-order valence-corrected chi connectivity index (χ3v) is 3.05. The molecule has 1 saturated carbocycles. The van der Waals surface area contributed by atoms with Crippen molar-refractivity contribution in [1.29, 1.82) is 0 Å². The predicted octanol–water partition coefficient (Wildman–Crippen LogP) is 2.76. The second kappa shape index (κ2) is 5.39. The Labute approximate surface area is 103 Å². The van der Waals surface area contributed by atoms with Crippen molar-refractivity contribution >= 4 is 5.69 Å². The molecule has 6 heteroatoms. The van der Waals surface area contributed by atoms with Crippen molar-refractivity contribution in [3.05, 3.63) is 39.4 Å². The molecule has 2 rings (SSSR count). The highest BCUT2D eigenvalue weighted by Crippen LogP contribution is 2.31. The van der Waals surface area contributed by atoms with Crippen molar-refractivity contribution in [2.45, 2.75) is 25.8 Å². The lowest BCUT2D eigenvalue weighted by atomic mass is 10.1. The fourth-order valence-electron chi connectivity index (χ4n) is 1.79. The van der Waals surface area contributed by atoms with Gasteiger partial charge >= 0.3 is 5.69 Å². The third kappa shape index (κ3) is 3.22. The normalized spacial score (nSPS) is 14.8. The SMILES string of the molecule is O=[N+]([O-])c1cc(CNCCC2CC2)c(F)cc1F. The highest BCUT2D eigenvalue weighted by Gasteiger charge is 2.21. The Morgan fingerprint density at radius 1 is 1.33 bits per heavy atom. The zero-order valence-electron chi connectivity index (χ0n) is 9.79. The molecule has 0 amide bonds. The van der Waals surface area contributed by atoms with Crippen LogP contribution in [0.2, 0.25) is 0 Å². The van der Waals surface area contributed by atoms with Gasteiger partial charge in [-0.1, -0.05) is 12.8 Å². The quantitative estimate of drug-likeness (QED) is 0.483. The molecule has 0 heterocycles. The van der Waals surface area contributed by atoms with Gasteiger partial charge in [-0.3, -0.25) is 10.1 Å². The first-order chi connectivity index (χ1) is 8.58. The van der Waals surface area contributed by atoms with E-state index in [1.165, 1.54) is 12.8 Å². The lowest BCUT2D eigenvalue weighted by molar-refractivity contribution is -0.387. The molecule has 4 nitrogen and oxygen atoms in total. The van der Waals surface area contributed by atoms with E-state index < -0.39 is 22.2 Å². The molecular formula is C12H14F2N2O2. The number of nitrogens with zero attached hydrogens (tertiary/aromatic N) is 1. The number of benzene rings is 1. The van der Waals surface area contributed by atoms with Crippen LogP contribution >= 0.6 is 0 Å². The van der Waals surface area contributed by atoms with Crippen LogP contribution in [-0.2, 0) is 6.54 Å². The number of hydrogen-bond donors (Lipinski definition) is 1. The largest absolute Gasteiger partial charge is 0.313 e. The van der Waals surface area contributed by atoms with E-state index in [-0.39, 0.29) is 12.1 Å². The van der Waals surface area contributed by atoms with E-state index in [1.54, 1.807) is 0 Å². The molecule has 98 valence electrons. The van der Waals surface area contributed by atoms with Crippen LogP contribution in [0.5, 0.6) is 0 Å². The van der Waals surface area contributed by atoms with Crippen molar-refractivity contribution in [1.82, 2.24) is 5.32 Å². The maximum absolute atomic E-state index is 13.4. The van der Waals surface area contributed by atoms with Gasteiger partial charge in [-0.05, 0) is 18.9 Å². The lowest BCUT2D eigenvalue weighted by Gasteiger charge is -2.06. The Bertz CT molecular complexity index is 462. The minimum absolute atomic E-state index is 0.124. The molecule has 1 aromatic carbocycles. The first kappa shape index (κ1) is 12.9. The molecule has 0 aliphatic heterocycles. The average Bonchev–Trinajstić information content (AvgIpc) is 3.10. The van der Waals surface area contributed by atoms with E-state index in [9.17, 15) is 18.9 Å². The van der Waals surface area contributed by atoms with Crippen LogP contribution in [-0.4, -0.2) is 11.5 Å². The first-order valence-electron chi connectivity index (χ1n) is 5.91. The van der Waals surface area contributed by atoms with Crippen LogP contribution in [0.1, 0.15) is 24.8 Å². The van der Waals surface area contributed by atoms with Gasteiger partial charge in [-0.15, -0.1) is 0 Å². The Morgan fingerprint density at radius 2 is 2.06 bits per heavy atom. The fraction of sp³-hybridized carbons (Fsp3) is 0.500. The van der Waals surface area contributed by atoms with Crippen molar-refractivity contribution < 1.29 is 13.7 Å². The van der Waals surface area contributed by atoms with Gasteiger partial charge in [0.05, 0.1) is 4.92 Å². The summed E-state index contributed by atoms with van der Waals surface area (Å²) < 4.78 is 26.5. The molecule has 0 spiro atoms. The van der Waals surface area contributed by atoms with E-state index in [0.29, 0.717) is 6.07 Å². The van der Waals surface area contributed by atoms with Crippen LogP contribution in [0.4, 0.5) is 14.5 Å². The van der Waals surface area contributed by atoms with Gasteiger partial charge < -0.3 is 5.32 Å². The number of nitro groups is 1. The van der Waals surface area contributed by atoms with E-state index in [0.717, 1.165) is 24.9 Å². The van der Waals surface area contributed by atoms with Gasteiger partial charge in [0.25, 0.3) is 0 Å². The highest BCUT2D eigenvalue weighted by atomic mass is 19.1. The molecular weight excluding hydrogens is 242 g/mol.